The first-order chi connectivity index (χ1) is 8.67. The van der Waals surface area contributed by atoms with E-state index in [4.69, 9.17) is 0 Å². The lowest BCUT2D eigenvalue weighted by Crippen LogP contribution is -2.42. The summed E-state index contributed by atoms with van der Waals surface area (Å²) in [6.45, 7) is 7.20. The predicted octanol–water partition coefficient (Wildman–Crippen LogP) is 5.10. The molecule has 0 aliphatic carbocycles. The van der Waals surface area contributed by atoms with Gasteiger partial charge in [-0.1, -0.05) is 100 Å². The predicted molar refractivity (Wildman–Crippen MR) is 85.9 cm³/mol. The van der Waals surface area contributed by atoms with Gasteiger partial charge in [-0.15, -0.1) is 0 Å². The Morgan fingerprint density at radius 3 is 2.17 bits per heavy atom. The second kappa shape index (κ2) is 8.52. The third-order valence-electron chi connectivity index (χ3n) is 3.73. The summed E-state index contributed by atoms with van der Waals surface area (Å²) in [5, 5.41) is 1.57. The van der Waals surface area contributed by atoms with E-state index in [2.05, 4.69) is 56.4 Å². The summed E-state index contributed by atoms with van der Waals surface area (Å²) in [5.74, 6) is 0. The molecule has 0 spiro atoms. The van der Waals surface area contributed by atoms with Crippen molar-refractivity contribution in [2.24, 2.45) is 0 Å². The van der Waals surface area contributed by atoms with E-state index in [-0.39, 0.29) is 0 Å². The maximum absolute atomic E-state index is 2.63. The summed E-state index contributed by atoms with van der Waals surface area (Å²) >= 11 is 0. The van der Waals surface area contributed by atoms with Gasteiger partial charge in [0.1, 0.15) is 0 Å². The molecule has 0 fully saturated rings. The van der Waals surface area contributed by atoms with Crippen LogP contribution in [0.25, 0.3) is 0 Å². The Hall–Kier alpha value is -0.563. The minimum atomic E-state index is -1.28. The standard InChI is InChI=1S/C17H29Si/c1-4-5-6-7-8-9-13-16-18(2,3)17-14-11-10-12-15-17/h10-12,14-16H,4-9,13H2,1-3H3. The van der Waals surface area contributed by atoms with E-state index in [0.717, 1.165) is 0 Å². The number of unbranched alkanes of at least 4 members (excludes halogenated alkanes) is 6. The van der Waals surface area contributed by atoms with Crippen LogP contribution in [-0.2, 0) is 0 Å². The molecule has 0 saturated heterocycles. The fourth-order valence-corrected chi connectivity index (χ4v) is 4.59. The van der Waals surface area contributed by atoms with Crippen LogP contribution < -0.4 is 5.19 Å². The summed E-state index contributed by atoms with van der Waals surface area (Å²) in [7, 11) is -1.28. The van der Waals surface area contributed by atoms with Crippen LogP contribution in [0.3, 0.4) is 0 Å². The van der Waals surface area contributed by atoms with E-state index < -0.39 is 8.07 Å². The van der Waals surface area contributed by atoms with E-state index in [0.29, 0.717) is 0 Å². The van der Waals surface area contributed by atoms with Crippen molar-refractivity contribution >= 4 is 13.3 Å². The Balaban J connectivity index is 2.18. The topological polar surface area (TPSA) is 0 Å². The van der Waals surface area contributed by atoms with E-state index in [1.165, 1.54) is 44.9 Å². The molecular weight excluding hydrogens is 232 g/mol. The lowest BCUT2D eigenvalue weighted by Gasteiger charge is -2.22. The summed E-state index contributed by atoms with van der Waals surface area (Å²) in [6.07, 6.45) is 9.71. The summed E-state index contributed by atoms with van der Waals surface area (Å²) in [6, 6.07) is 13.7. The number of hydrogen-bond acceptors (Lipinski definition) is 0. The molecule has 1 rings (SSSR count). The molecule has 0 aromatic heterocycles. The lowest BCUT2D eigenvalue weighted by molar-refractivity contribution is 0.608. The maximum Gasteiger partial charge on any atom is 0.0836 e. The largest absolute Gasteiger partial charge is 0.0836 e. The Kier molecular flexibility index (Phi) is 7.34. The zero-order valence-corrected chi connectivity index (χ0v) is 13.4. The zero-order valence-electron chi connectivity index (χ0n) is 12.4. The molecule has 18 heavy (non-hydrogen) atoms. The lowest BCUT2D eigenvalue weighted by atomic mass is 10.1. The van der Waals surface area contributed by atoms with Crippen LogP contribution in [0.5, 0.6) is 0 Å². The minimum Gasteiger partial charge on any atom is -0.0654 e. The number of benzene rings is 1. The van der Waals surface area contributed by atoms with Crippen LogP contribution in [-0.4, -0.2) is 8.07 Å². The molecule has 0 nitrogen and oxygen atoms in total. The molecule has 0 aliphatic rings. The van der Waals surface area contributed by atoms with E-state index in [1.807, 2.05) is 0 Å². The van der Waals surface area contributed by atoms with Crippen molar-refractivity contribution in [2.45, 2.75) is 65.0 Å². The third-order valence-corrected chi connectivity index (χ3v) is 6.86. The summed E-state index contributed by atoms with van der Waals surface area (Å²) < 4.78 is 0. The molecule has 0 saturated carbocycles. The highest BCUT2D eigenvalue weighted by atomic mass is 28.3. The highest BCUT2D eigenvalue weighted by Gasteiger charge is 2.22. The normalized spacial score (nSPS) is 11.7. The fourth-order valence-electron chi connectivity index (χ4n) is 2.37. The van der Waals surface area contributed by atoms with Crippen molar-refractivity contribution in [3.8, 4) is 0 Å². The Morgan fingerprint density at radius 2 is 1.50 bits per heavy atom. The van der Waals surface area contributed by atoms with Gasteiger partial charge < -0.3 is 0 Å². The smallest absolute Gasteiger partial charge is 0.0654 e. The van der Waals surface area contributed by atoms with Crippen LogP contribution in [0, 0.1) is 6.04 Å². The molecule has 0 N–H and O–H groups in total. The van der Waals surface area contributed by atoms with Crippen molar-refractivity contribution in [2.75, 3.05) is 0 Å². The van der Waals surface area contributed by atoms with E-state index in [9.17, 15) is 0 Å². The second-order valence-corrected chi connectivity index (χ2v) is 10.3. The van der Waals surface area contributed by atoms with Crippen molar-refractivity contribution in [1.29, 1.82) is 0 Å². The average Bonchev–Trinajstić information content (AvgIpc) is 2.39. The van der Waals surface area contributed by atoms with Gasteiger partial charge in [-0.2, -0.15) is 0 Å². The Labute approximate surface area is 115 Å². The van der Waals surface area contributed by atoms with Crippen LogP contribution in [0.4, 0.5) is 0 Å². The van der Waals surface area contributed by atoms with Gasteiger partial charge >= 0.3 is 0 Å². The molecule has 0 atom stereocenters. The minimum absolute atomic E-state index is 1.28. The van der Waals surface area contributed by atoms with Gasteiger partial charge in [-0.25, -0.2) is 0 Å². The highest BCUT2D eigenvalue weighted by Crippen LogP contribution is 2.14. The molecule has 0 aliphatic heterocycles. The van der Waals surface area contributed by atoms with Crippen molar-refractivity contribution in [3.05, 3.63) is 36.4 Å². The second-order valence-electron chi connectivity index (χ2n) is 5.85. The first-order valence-corrected chi connectivity index (χ1v) is 10.6. The van der Waals surface area contributed by atoms with Crippen LogP contribution in [0.1, 0.15) is 51.9 Å². The number of hydrogen-bond donors (Lipinski definition) is 0. The summed E-state index contributed by atoms with van der Waals surface area (Å²) in [5.41, 5.74) is 0. The first kappa shape index (κ1) is 15.5. The molecule has 0 unspecified atom stereocenters. The van der Waals surface area contributed by atoms with E-state index >= 15 is 0 Å². The van der Waals surface area contributed by atoms with Crippen molar-refractivity contribution in [1.82, 2.24) is 0 Å². The SMILES string of the molecule is CCCCCCCC[CH][Si](C)(C)c1ccccc1. The van der Waals surface area contributed by atoms with Gasteiger partial charge in [0.15, 0.2) is 0 Å². The van der Waals surface area contributed by atoms with Gasteiger partial charge in [0, 0.05) is 0 Å². The quantitative estimate of drug-likeness (QED) is 0.429. The van der Waals surface area contributed by atoms with Crippen molar-refractivity contribution in [3.63, 3.8) is 0 Å². The average molecular weight is 262 g/mol. The van der Waals surface area contributed by atoms with Crippen LogP contribution in [0.2, 0.25) is 13.1 Å². The molecule has 1 aromatic rings. The highest BCUT2D eigenvalue weighted by molar-refractivity contribution is 6.92. The first-order valence-electron chi connectivity index (χ1n) is 7.56. The van der Waals surface area contributed by atoms with E-state index in [1.54, 1.807) is 5.19 Å². The third kappa shape index (κ3) is 5.86. The molecular formula is C17H29Si. The van der Waals surface area contributed by atoms with Gasteiger partial charge in [0.05, 0.1) is 8.07 Å². The van der Waals surface area contributed by atoms with Gasteiger partial charge in [-0.3, -0.25) is 0 Å². The van der Waals surface area contributed by atoms with Crippen LogP contribution >= 0.6 is 0 Å². The van der Waals surface area contributed by atoms with Crippen LogP contribution in [0.15, 0.2) is 30.3 Å². The van der Waals surface area contributed by atoms with Crippen molar-refractivity contribution < 1.29 is 0 Å². The zero-order chi connectivity index (χ0) is 13.3. The monoisotopic (exact) mass is 261 g/mol. The molecule has 1 aromatic carbocycles. The molecule has 0 heterocycles. The Bertz CT molecular complexity index is 303. The van der Waals surface area contributed by atoms with Gasteiger partial charge in [0.25, 0.3) is 0 Å². The fraction of sp³-hybridized carbons (Fsp3) is 0.588. The Morgan fingerprint density at radius 1 is 0.889 bits per heavy atom. The molecule has 101 valence electrons. The van der Waals surface area contributed by atoms with Gasteiger partial charge in [0.2, 0.25) is 0 Å². The number of rotatable bonds is 9. The maximum atomic E-state index is 2.63. The van der Waals surface area contributed by atoms with Gasteiger partial charge in [-0.05, 0) is 6.04 Å². The molecule has 1 radical (unpaired) electrons. The molecule has 0 bridgehead atoms. The summed E-state index contributed by atoms with van der Waals surface area (Å²) in [4.78, 5) is 0. The molecule has 1 heteroatoms. The molecule has 0 amide bonds.